The Balaban J connectivity index is 2.01. The van der Waals surface area contributed by atoms with Crippen molar-refractivity contribution >= 4 is 0 Å². The Morgan fingerprint density at radius 1 is 1.79 bits per heavy atom. The van der Waals surface area contributed by atoms with Crippen LogP contribution in [0.3, 0.4) is 0 Å². The monoisotopic (exact) mass is 190 g/mol. The lowest BCUT2D eigenvalue weighted by molar-refractivity contribution is 0.579. The van der Waals surface area contributed by atoms with Gasteiger partial charge < -0.3 is 9.88 Å². The molecule has 1 N–H and O–H groups in total. The van der Waals surface area contributed by atoms with Crippen molar-refractivity contribution in [3.05, 3.63) is 18.2 Å². The molecule has 0 spiro atoms. The Kier molecular flexibility index (Phi) is 2.51. The van der Waals surface area contributed by atoms with Crippen LogP contribution in [0.15, 0.2) is 12.4 Å². The minimum atomic E-state index is -0.131. The zero-order valence-corrected chi connectivity index (χ0v) is 8.27. The van der Waals surface area contributed by atoms with Gasteiger partial charge in [-0.1, -0.05) is 0 Å². The Labute approximate surface area is 83.6 Å². The van der Waals surface area contributed by atoms with Gasteiger partial charge in [-0.05, 0) is 19.8 Å². The first-order valence-electron chi connectivity index (χ1n) is 4.96. The second-order valence-electron chi connectivity index (χ2n) is 3.71. The maximum absolute atomic E-state index is 8.80. The van der Waals surface area contributed by atoms with E-state index < -0.39 is 0 Å². The first kappa shape index (κ1) is 9.22. The van der Waals surface area contributed by atoms with Gasteiger partial charge in [0.2, 0.25) is 0 Å². The molecule has 74 valence electrons. The third-order valence-corrected chi connectivity index (χ3v) is 2.48. The van der Waals surface area contributed by atoms with Crippen molar-refractivity contribution in [1.29, 1.82) is 5.26 Å². The van der Waals surface area contributed by atoms with Crippen LogP contribution in [-0.4, -0.2) is 15.6 Å². The van der Waals surface area contributed by atoms with E-state index in [0.29, 0.717) is 6.04 Å². The number of aromatic nitrogens is 2. The molecule has 4 heteroatoms. The summed E-state index contributed by atoms with van der Waals surface area (Å²) in [5, 5.41) is 12.2. The van der Waals surface area contributed by atoms with E-state index in [0.717, 1.165) is 12.4 Å². The molecule has 0 aliphatic heterocycles. The van der Waals surface area contributed by atoms with Crippen molar-refractivity contribution in [2.45, 2.75) is 38.4 Å². The summed E-state index contributed by atoms with van der Waals surface area (Å²) < 4.78 is 1.91. The molecule has 0 amide bonds. The molecule has 1 unspecified atom stereocenters. The van der Waals surface area contributed by atoms with E-state index in [1.54, 1.807) is 6.20 Å². The van der Waals surface area contributed by atoms with E-state index in [4.69, 9.17) is 5.26 Å². The van der Waals surface area contributed by atoms with Gasteiger partial charge in [-0.2, -0.15) is 5.26 Å². The summed E-state index contributed by atoms with van der Waals surface area (Å²) in [5.41, 5.74) is 0. The molecule has 1 aromatic heterocycles. The third-order valence-electron chi connectivity index (χ3n) is 2.48. The summed E-state index contributed by atoms with van der Waals surface area (Å²) in [5.74, 6) is 0.950. The van der Waals surface area contributed by atoms with Gasteiger partial charge in [-0.3, -0.25) is 0 Å². The summed E-state index contributed by atoms with van der Waals surface area (Å²) in [6, 6.07) is 2.75. The summed E-state index contributed by atoms with van der Waals surface area (Å²) in [6.45, 7) is 2.64. The standard InChI is InChI=1S/C10H14N4/c1-8(6-11)14-5-4-12-10(14)7-13-9-2-3-9/h4-5,8-9,13H,2-3,7H2,1H3. The lowest BCUT2D eigenvalue weighted by Gasteiger charge is -2.09. The molecular formula is C10H14N4. The zero-order valence-electron chi connectivity index (χ0n) is 8.27. The highest BCUT2D eigenvalue weighted by Gasteiger charge is 2.21. The van der Waals surface area contributed by atoms with Gasteiger partial charge in [0, 0.05) is 18.4 Å². The molecule has 1 atom stereocenters. The summed E-state index contributed by atoms with van der Waals surface area (Å²) in [6.07, 6.45) is 6.15. The SMILES string of the molecule is CC(C#N)n1ccnc1CNC1CC1. The summed E-state index contributed by atoms with van der Waals surface area (Å²) >= 11 is 0. The van der Waals surface area contributed by atoms with Crippen molar-refractivity contribution in [2.24, 2.45) is 0 Å². The van der Waals surface area contributed by atoms with Crippen LogP contribution in [-0.2, 0) is 6.54 Å². The number of nitrogens with zero attached hydrogens (tertiary/aromatic N) is 3. The number of nitrogens with one attached hydrogen (secondary N) is 1. The van der Waals surface area contributed by atoms with Crippen LogP contribution in [0.4, 0.5) is 0 Å². The lowest BCUT2D eigenvalue weighted by atomic mass is 10.3. The molecule has 0 bridgehead atoms. The van der Waals surface area contributed by atoms with Crippen molar-refractivity contribution in [2.75, 3.05) is 0 Å². The highest BCUT2D eigenvalue weighted by molar-refractivity contribution is 5.00. The van der Waals surface area contributed by atoms with Crippen LogP contribution in [0, 0.1) is 11.3 Å². The first-order chi connectivity index (χ1) is 6.81. The first-order valence-corrected chi connectivity index (χ1v) is 4.96. The van der Waals surface area contributed by atoms with Crippen LogP contribution in [0.2, 0.25) is 0 Å². The van der Waals surface area contributed by atoms with Crippen LogP contribution < -0.4 is 5.32 Å². The summed E-state index contributed by atoms with van der Waals surface area (Å²) in [4.78, 5) is 4.23. The van der Waals surface area contributed by atoms with E-state index in [1.807, 2.05) is 17.7 Å². The minimum Gasteiger partial charge on any atom is -0.318 e. The van der Waals surface area contributed by atoms with Gasteiger partial charge in [0.15, 0.2) is 0 Å². The predicted molar refractivity (Wildman–Crippen MR) is 52.4 cm³/mol. The quantitative estimate of drug-likeness (QED) is 0.776. The van der Waals surface area contributed by atoms with Gasteiger partial charge in [-0.25, -0.2) is 4.98 Å². The molecule has 2 rings (SSSR count). The van der Waals surface area contributed by atoms with Gasteiger partial charge in [0.05, 0.1) is 12.6 Å². The topological polar surface area (TPSA) is 53.6 Å². The molecule has 0 radical (unpaired) electrons. The number of hydrogen-bond donors (Lipinski definition) is 1. The molecule has 0 saturated heterocycles. The van der Waals surface area contributed by atoms with Crippen molar-refractivity contribution < 1.29 is 0 Å². The van der Waals surface area contributed by atoms with Crippen LogP contribution >= 0.6 is 0 Å². The molecule has 1 saturated carbocycles. The van der Waals surface area contributed by atoms with Crippen LogP contribution in [0.25, 0.3) is 0 Å². The number of imidazole rings is 1. The highest BCUT2D eigenvalue weighted by atomic mass is 15.1. The lowest BCUT2D eigenvalue weighted by Crippen LogP contribution is -2.19. The molecule has 1 heterocycles. The number of hydrogen-bond acceptors (Lipinski definition) is 3. The van der Waals surface area contributed by atoms with E-state index >= 15 is 0 Å². The van der Waals surface area contributed by atoms with Crippen LogP contribution in [0.5, 0.6) is 0 Å². The summed E-state index contributed by atoms with van der Waals surface area (Å²) in [7, 11) is 0. The van der Waals surface area contributed by atoms with Gasteiger partial charge >= 0.3 is 0 Å². The average Bonchev–Trinajstić information content (AvgIpc) is 2.92. The van der Waals surface area contributed by atoms with Crippen LogP contribution in [0.1, 0.15) is 31.6 Å². The third kappa shape index (κ3) is 1.94. The highest BCUT2D eigenvalue weighted by Crippen LogP contribution is 2.19. The molecule has 14 heavy (non-hydrogen) atoms. The largest absolute Gasteiger partial charge is 0.318 e. The second kappa shape index (κ2) is 3.81. The average molecular weight is 190 g/mol. The number of nitriles is 1. The van der Waals surface area contributed by atoms with E-state index in [2.05, 4.69) is 16.4 Å². The molecule has 1 aromatic rings. The maximum Gasteiger partial charge on any atom is 0.123 e. The Morgan fingerprint density at radius 2 is 2.57 bits per heavy atom. The fraction of sp³-hybridized carbons (Fsp3) is 0.600. The fourth-order valence-electron chi connectivity index (χ4n) is 1.42. The van der Waals surface area contributed by atoms with E-state index in [-0.39, 0.29) is 6.04 Å². The molecule has 4 nitrogen and oxygen atoms in total. The Morgan fingerprint density at radius 3 is 3.21 bits per heavy atom. The van der Waals surface area contributed by atoms with Gasteiger partial charge in [0.1, 0.15) is 11.9 Å². The van der Waals surface area contributed by atoms with E-state index in [1.165, 1.54) is 12.8 Å². The number of rotatable bonds is 4. The van der Waals surface area contributed by atoms with Gasteiger partial charge in [-0.15, -0.1) is 0 Å². The normalized spacial score (nSPS) is 17.7. The predicted octanol–water partition coefficient (Wildman–Crippen LogP) is 1.22. The molecule has 1 fully saturated rings. The van der Waals surface area contributed by atoms with Crippen molar-refractivity contribution in [3.8, 4) is 6.07 Å². The Hall–Kier alpha value is -1.34. The van der Waals surface area contributed by atoms with Crippen molar-refractivity contribution in [3.63, 3.8) is 0 Å². The second-order valence-corrected chi connectivity index (χ2v) is 3.71. The zero-order chi connectivity index (χ0) is 9.97. The minimum absolute atomic E-state index is 0.131. The smallest absolute Gasteiger partial charge is 0.123 e. The fourth-order valence-corrected chi connectivity index (χ4v) is 1.42. The molecule has 1 aliphatic carbocycles. The van der Waals surface area contributed by atoms with Gasteiger partial charge in [0.25, 0.3) is 0 Å². The molecular weight excluding hydrogens is 176 g/mol. The maximum atomic E-state index is 8.80. The van der Waals surface area contributed by atoms with E-state index in [9.17, 15) is 0 Å². The molecule has 1 aliphatic rings. The molecule has 0 aromatic carbocycles. The van der Waals surface area contributed by atoms with Crippen molar-refractivity contribution in [1.82, 2.24) is 14.9 Å². The Bertz CT molecular complexity index is 345.